The van der Waals surface area contributed by atoms with Crippen LogP contribution in [-0.4, -0.2) is 157 Å². The van der Waals surface area contributed by atoms with Crippen LogP contribution in [-0.2, 0) is 35.7 Å². The summed E-state index contributed by atoms with van der Waals surface area (Å²) in [5, 5.41) is 1.38. The zero-order chi connectivity index (χ0) is 59.4. The van der Waals surface area contributed by atoms with Crippen LogP contribution in [0.25, 0.3) is 0 Å². The summed E-state index contributed by atoms with van der Waals surface area (Å²) in [4.78, 5) is 0. The molecule has 14 nitrogen and oxygen atoms in total. The van der Waals surface area contributed by atoms with Crippen LogP contribution in [0.3, 0.4) is 0 Å². The Balaban J connectivity index is -0.000000229. The van der Waals surface area contributed by atoms with E-state index in [1.807, 2.05) is 222 Å². The van der Waals surface area contributed by atoms with Gasteiger partial charge < -0.3 is 79.4 Å². The fraction of sp³-hybridized carbons (Fsp3) is 0.700. The van der Waals surface area contributed by atoms with Crippen molar-refractivity contribution in [2.45, 2.75) is 220 Å². The van der Waals surface area contributed by atoms with Gasteiger partial charge in [-0.05, 0) is 216 Å². The molecule has 1 aliphatic rings. The van der Waals surface area contributed by atoms with Crippen molar-refractivity contribution in [2.24, 2.45) is 0 Å². The summed E-state index contributed by atoms with van der Waals surface area (Å²) < 4.78 is 80.0. The van der Waals surface area contributed by atoms with E-state index in [0.717, 1.165) is 41.4 Å². The molecule has 3 aromatic rings. The number of ether oxygens (including phenoxy) is 7. The predicted molar refractivity (Wildman–Crippen MR) is 332 cm³/mol. The molecule has 1 saturated heterocycles. The smallest absolute Gasteiger partial charge is 1.00 e. The third kappa shape index (κ3) is 40.9. The second-order valence-corrected chi connectivity index (χ2v) is 28.4. The molecule has 1 heterocycles. The third-order valence-electron chi connectivity index (χ3n) is 8.58. The molecule has 0 unspecified atom stereocenters. The Kier molecular flexibility index (Phi) is 43.5. The number of halogens is 2. The molecule has 80 heavy (non-hydrogen) atoms. The molecular weight excluding hydrogens is 1120 g/mol. The maximum absolute atomic E-state index is 6.20. The largest absolute Gasteiger partial charge is 2.00 e. The summed E-state index contributed by atoms with van der Waals surface area (Å²) in [6, 6.07) is 19.9. The molecule has 0 aliphatic carbocycles. The monoisotopic (exact) mass is 1230 g/mol. The van der Waals surface area contributed by atoms with Crippen LogP contribution in [0.2, 0.25) is 5.02 Å². The topological polar surface area (TPSA) is 129 Å². The number of hydrogen-bond donors (Lipinski definition) is 0. The van der Waals surface area contributed by atoms with Gasteiger partial charge in [-0.2, -0.15) is 0 Å². The standard InChI is InChI=1S/C20H36O5Si.C14H21ClO2.C14H21O2.C8H20O4Si.C4H8O.ClH.2Mg.2H/c1-10-21-26(22-11-2,23-12-3)18-15-16(24-19(4,5)6)13-14-17(18)25-20(7,8)9;1-13(2,3)16-10-7-8-12(11(15)9-10)17-14(4,5)6;1-13(2,3)15-11-7-9-12(10-8-11)16-14(4,5)6;1-5-9-13(10-6-2,11-7-3)12-8-4;1-2-4-5-3-1;;;;;/h13-15H,10-12H2,1-9H3;7-9H,1-6H3;7-9H,1-6H3;5-8H2,1-4H3;1-4H2;1H;;;;/q;;-1;;;;2*+2;2*-1/p-1. The van der Waals surface area contributed by atoms with E-state index in [0.29, 0.717) is 62.8 Å². The number of rotatable bonds is 21. The molecule has 0 saturated carbocycles. The molecule has 3 aromatic carbocycles. The minimum atomic E-state index is -3.13. The summed E-state index contributed by atoms with van der Waals surface area (Å²) in [5.41, 5.74) is -1.52. The molecule has 458 valence electrons. The van der Waals surface area contributed by atoms with Crippen molar-refractivity contribution in [1.29, 1.82) is 0 Å². The van der Waals surface area contributed by atoms with Gasteiger partial charge in [-0.1, -0.05) is 11.6 Å². The second-order valence-electron chi connectivity index (χ2n) is 23.3. The van der Waals surface area contributed by atoms with Gasteiger partial charge in [0.05, 0.1) is 21.4 Å². The summed E-state index contributed by atoms with van der Waals surface area (Å²) >= 11 is 6.16. The first kappa shape index (κ1) is 85.1. The third-order valence-corrected chi connectivity index (χ3v) is 14.5. The van der Waals surface area contributed by atoms with E-state index < -0.39 is 17.9 Å². The van der Waals surface area contributed by atoms with Crippen LogP contribution >= 0.6 is 11.6 Å². The molecule has 0 amide bonds. The van der Waals surface area contributed by atoms with Crippen LogP contribution in [0.15, 0.2) is 54.6 Å². The van der Waals surface area contributed by atoms with Gasteiger partial charge in [-0.3, -0.25) is 0 Å². The van der Waals surface area contributed by atoms with Crippen LogP contribution in [0.4, 0.5) is 0 Å². The number of benzene rings is 3. The van der Waals surface area contributed by atoms with E-state index >= 15 is 0 Å². The van der Waals surface area contributed by atoms with Crippen LogP contribution < -0.4 is 46.0 Å². The number of hydrogen-bond acceptors (Lipinski definition) is 14. The Labute approximate surface area is 535 Å². The molecule has 1 fully saturated rings. The summed E-state index contributed by atoms with van der Waals surface area (Å²) in [6.45, 7) is 55.3. The van der Waals surface area contributed by atoms with E-state index in [-0.39, 0.29) is 95.0 Å². The van der Waals surface area contributed by atoms with E-state index in [2.05, 4.69) is 6.07 Å². The van der Waals surface area contributed by atoms with Crippen molar-refractivity contribution in [2.75, 3.05) is 59.5 Å². The average molecular weight is 1230 g/mol. The quantitative estimate of drug-likeness (QED) is 0.0741. The molecule has 0 radical (unpaired) electrons. The van der Waals surface area contributed by atoms with Gasteiger partial charge in [0.2, 0.25) is 0 Å². The zero-order valence-electron chi connectivity index (χ0n) is 56.4. The van der Waals surface area contributed by atoms with Crippen LogP contribution in [0.1, 0.15) is 189 Å². The van der Waals surface area contributed by atoms with Gasteiger partial charge in [0, 0.05) is 77.0 Å². The Morgan fingerprint density at radius 1 is 0.438 bits per heavy atom. The fourth-order valence-electron chi connectivity index (χ4n) is 6.50. The maximum atomic E-state index is 6.20. The van der Waals surface area contributed by atoms with Gasteiger partial charge >= 0.3 is 64.0 Å². The van der Waals surface area contributed by atoms with Crippen molar-refractivity contribution in [1.82, 2.24) is 0 Å². The molecule has 0 aromatic heterocycles. The average Bonchev–Trinajstić information content (AvgIpc) is 3.85. The van der Waals surface area contributed by atoms with E-state index in [1.54, 1.807) is 6.07 Å². The molecular formula is C60H108Cl2Mg2O14Si2. The molecule has 20 heteroatoms. The minimum Gasteiger partial charge on any atom is -1.00 e. The van der Waals surface area contributed by atoms with Crippen LogP contribution in [0.5, 0.6) is 34.5 Å². The van der Waals surface area contributed by atoms with Crippen molar-refractivity contribution in [3.05, 3.63) is 65.7 Å². The Hall–Kier alpha value is -1.31. The Morgan fingerprint density at radius 3 is 1.06 bits per heavy atom. The fourth-order valence-corrected chi connectivity index (χ4v) is 11.2. The Morgan fingerprint density at radius 2 is 0.762 bits per heavy atom. The molecule has 0 N–H and O–H groups in total. The van der Waals surface area contributed by atoms with Gasteiger partial charge in [-0.25, -0.2) is 0 Å². The molecule has 4 rings (SSSR count). The summed E-state index contributed by atoms with van der Waals surface area (Å²) in [7, 11) is -5.92. The zero-order valence-corrected chi connectivity index (χ0v) is 60.7. The summed E-state index contributed by atoms with van der Waals surface area (Å²) in [5.74, 6) is 4.44. The van der Waals surface area contributed by atoms with Crippen molar-refractivity contribution in [3.63, 3.8) is 0 Å². The van der Waals surface area contributed by atoms with Gasteiger partial charge in [0.1, 0.15) is 45.4 Å². The van der Waals surface area contributed by atoms with Gasteiger partial charge in [0.15, 0.2) is 0 Å². The normalized spacial score (nSPS) is 12.8. The first-order chi connectivity index (χ1) is 35.4. The Bertz CT molecular complexity index is 1950. The molecule has 0 atom stereocenters. The van der Waals surface area contributed by atoms with E-state index in [1.165, 1.54) is 12.8 Å². The van der Waals surface area contributed by atoms with Crippen molar-refractivity contribution in [3.8, 4) is 34.5 Å². The molecule has 0 bridgehead atoms. The molecule has 1 aliphatic heterocycles. The minimum absolute atomic E-state index is 0. The first-order valence-corrected chi connectivity index (χ1v) is 31.3. The first-order valence-electron chi connectivity index (χ1n) is 27.6. The van der Waals surface area contributed by atoms with Gasteiger partial charge in [0.25, 0.3) is 0 Å². The van der Waals surface area contributed by atoms with Crippen molar-refractivity contribution >= 4 is 80.7 Å². The van der Waals surface area contributed by atoms with Gasteiger partial charge in [-0.15, -0.1) is 24.3 Å². The SMILES string of the molecule is C1CCOC1.CC(C)(C)Oc1[c-]cc(OC(C)(C)C)cc1.CC(C)(C)Oc1ccc(OC(C)(C)C)c(Cl)c1.CCO[Si](OCC)(OCC)OCC.CCO[Si](OCC)(OCC)c1cc(OC(C)(C)C)ccc1OC(C)(C)C.[Cl-].[H-].[H-].[Mg+2].[Mg+2]. The maximum Gasteiger partial charge on any atom is 2.00 e. The van der Waals surface area contributed by atoms with E-state index in [9.17, 15) is 0 Å². The second kappa shape index (κ2) is 40.9. The summed E-state index contributed by atoms with van der Waals surface area (Å²) in [6.07, 6.45) is 2.56. The molecule has 0 spiro atoms. The van der Waals surface area contributed by atoms with Crippen LogP contribution in [0, 0.1) is 6.07 Å². The van der Waals surface area contributed by atoms with E-state index in [4.69, 9.17) is 75.7 Å². The predicted octanol–water partition coefficient (Wildman–Crippen LogP) is 11.7. The van der Waals surface area contributed by atoms with Crippen molar-refractivity contribution < 1.29 is 79.4 Å².